The van der Waals surface area contributed by atoms with E-state index < -0.39 is 0 Å². The number of likely N-dealkylation sites (tertiary alicyclic amines) is 1. The highest BCUT2D eigenvalue weighted by atomic mass is 16.5. The summed E-state index contributed by atoms with van der Waals surface area (Å²) in [6, 6.07) is 7.25. The molecule has 1 aliphatic heterocycles. The van der Waals surface area contributed by atoms with Crippen molar-refractivity contribution in [2.24, 2.45) is 0 Å². The molecule has 2 N–H and O–H groups in total. The maximum absolute atomic E-state index is 12.9. The average molecular weight is 343 g/mol. The molecule has 134 valence electrons. The van der Waals surface area contributed by atoms with E-state index in [4.69, 9.17) is 4.74 Å². The zero-order chi connectivity index (χ0) is 17.8. The fraction of sp³-hybridized carbons (Fsp3) is 0.500. The number of piperidine rings is 1. The highest BCUT2D eigenvalue weighted by molar-refractivity contribution is 5.91. The first-order chi connectivity index (χ1) is 12.0. The van der Waals surface area contributed by atoms with Gasteiger partial charge in [0.05, 0.1) is 17.8 Å². The molecule has 2 amide bonds. The Morgan fingerprint density at radius 2 is 2.16 bits per heavy atom. The summed E-state index contributed by atoms with van der Waals surface area (Å²) in [6.07, 6.45) is 2.96. The molecule has 1 unspecified atom stereocenters. The van der Waals surface area contributed by atoms with Crippen molar-refractivity contribution in [2.75, 3.05) is 11.9 Å². The number of benzene rings is 1. The van der Waals surface area contributed by atoms with Crippen molar-refractivity contribution < 1.29 is 9.53 Å². The Morgan fingerprint density at radius 3 is 2.88 bits per heavy atom. The molecule has 0 radical (unpaired) electrons. The fourth-order valence-corrected chi connectivity index (χ4v) is 3.07. The van der Waals surface area contributed by atoms with Crippen molar-refractivity contribution in [3.05, 3.63) is 35.9 Å². The summed E-state index contributed by atoms with van der Waals surface area (Å²) in [5.74, 6) is 2.11. The number of hydrogen-bond acceptors (Lipinski definition) is 4. The lowest BCUT2D eigenvalue weighted by Gasteiger charge is -2.34. The van der Waals surface area contributed by atoms with Crippen LogP contribution in [0.1, 0.15) is 50.8 Å². The number of anilines is 1. The number of carbonyl (C=O) groups excluding carboxylic acids is 1. The lowest BCUT2D eigenvalue weighted by atomic mass is 10.0. The molecule has 0 bridgehead atoms. The molecular formula is C18H25N5O2. The number of H-pyrrole nitrogens is 1. The predicted molar refractivity (Wildman–Crippen MR) is 95.6 cm³/mol. The molecule has 1 atom stereocenters. The molecule has 7 heteroatoms. The molecule has 1 aromatic carbocycles. The number of nitrogens with zero attached hydrogens (tertiary/aromatic N) is 3. The van der Waals surface area contributed by atoms with E-state index >= 15 is 0 Å². The Bertz CT molecular complexity index is 728. The smallest absolute Gasteiger partial charge is 0.322 e. The SMILES string of the molecule is Cc1nc(C2CCCCN2C(=O)Nc2ccccc2OC(C)C)n[nH]1. The van der Waals surface area contributed by atoms with E-state index in [1.54, 1.807) is 0 Å². The fourth-order valence-electron chi connectivity index (χ4n) is 3.07. The number of nitrogens with one attached hydrogen (secondary N) is 2. The van der Waals surface area contributed by atoms with Crippen LogP contribution in [-0.2, 0) is 0 Å². The molecule has 2 heterocycles. The van der Waals surface area contributed by atoms with E-state index in [-0.39, 0.29) is 18.2 Å². The number of hydrogen-bond donors (Lipinski definition) is 2. The van der Waals surface area contributed by atoms with E-state index in [2.05, 4.69) is 20.5 Å². The Morgan fingerprint density at radius 1 is 1.36 bits per heavy atom. The van der Waals surface area contributed by atoms with Crippen molar-refractivity contribution in [2.45, 2.75) is 52.2 Å². The summed E-state index contributed by atoms with van der Waals surface area (Å²) >= 11 is 0. The summed E-state index contributed by atoms with van der Waals surface area (Å²) in [7, 11) is 0. The van der Waals surface area contributed by atoms with Gasteiger partial charge in [-0.2, -0.15) is 5.10 Å². The topological polar surface area (TPSA) is 83.1 Å². The quantitative estimate of drug-likeness (QED) is 0.887. The number of aromatic nitrogens is 3. The molecule has 0 aliphatic carbocycles. The van der Waals surface area contributed by atoms with Gasteiger partial charge in [-0.05, 0) is 52.2 Å². The van der Waals surface area contributed by atoms with E-state index in [1.807, 2.05) is 49.9 Å². The monoisotopic (exact) mass is 343 g/mol. The van der Waals surface area contributed by atoms with Gasteiger partial charge >= 0.3 is 6.03 Å². The molecule has 2 aromatic rings. The van der Waals surface area contributed by atoms with Gasteiger partial charge in [0.1, 0.15) is 11.6 Å². The third-order valence-corrected chi connectivity index (χ3v) is 4.17. The normalized spacial score (nSPS) is 17.6. The van der Waals surface area contributed by atoms with Gasteiger partial charge in [0.25, 0.3) is 0 Å². The van der Waals surface area contributed by atoms with Crippen molar-refractivity contribution in [3.8, 4) is 5.75 Å². The minimum atomic E-state index is -0.146. The van der Waals surface area contributed by atoms with Crippen molar-refractivity contribution in [1.29, 1.82) is 0 Å². The number of carbonyl (C=O) groups is 1. The third kappa shape index (κ3) is 4.10. The van der Waals surface area contributed by atoms with Crippen LogP contribution in [-0.4, -0.2) is 38.8 Å². The molecule has 1 saturated heterocycles. The van der Waals surface area contributed by atoms with Crippen LogP contribution in [0, 0.1) is 6.92 Å². The zero-order valence-electron chi connectivity index (χ0n) is 15.0. The Balaban J connectivity index is 1.77. The Kier molecular flexibility index (Phi) is 5.21. The van der Waals surface area contributed by atoms with Crippen LogP contribution >= 0.6 is 0 Å². The van der Waals surface area contributed by atoms with E-state index in [0.29, 0.717) is 23.8 Å². The van der Waals surface area contributed by atoms with Crippen molar-refractivity contribution >= 4 is 11.7 Å². The average Bonchev–Trinajstić information content (AvgIpc) is 3.02. The molecule has 1 aromatic heterocycles. The minimum absolute atomic E-state index is 0.0389. The maximum atomic E-state index is 12.9. The molecule has 0 saturated carbocycles. The standard InChI is InChI=1S/C18H25N5O2/c1-12(2)25-16-10-5-4-8-14(16)20-18(24)23-11-7-6-9-15(23)17-19-13(3)21-22-17/h4-5,8,10,12,15H,6-7,9,11H2,1-3H3,(H,20,24)(H,19,21,22). The number of para-hydroxylation sites is 2. The molecule has 1 aliphatic rings. The van der Waals surface area contributed by atoms with Gasteiger partial charge in [0.15, 0.2) is 5.82 Å². The van der Waals surface area contributed by atoms with Crippen LogP contribution in [0.4, 0.5) is 10.5 Å². The Labute approximate surface area is 147 Å². The Hall–Kier alpha value is -2.57. The van der Waals surface area contributed by atoms with Crippen molar-refractivity contribution in [1.82, 2.24) is 20.1 Å². The lowest BCUT2D eigenvalue weighted by molar-refractivity contribution is 0.159. The largest absolute Gasteiger partial charge is 0.489 e. The first kappa shape index (κ1) is 17.3. The summed E-state index contributed by atoms with van der Waals surface area (Å²) in [5, 5.41) is 10.1. The molecular weight excluding hydrogens is 318 g/mol. The third-order valence-electron chi connectivity index (χ3n) is 4.17. The highest BCUT2D eigenvalue weighted by Crippen LogP contribution is 2.31. The van der Waals surface area contributed by atoms with Crippen LogP contribution in [0.5, 0.6) is 5.75 Å². The summed E-state index contributed by atoms with van der Waals surface area (Å²) in [5.41, 5.74) is 0.677. The van der Waals surface area contributed by atoms with E-state index in [1.165, 1.54) is 0 Å². The van der Waals surface area contributed by atoms with Gasteiger partial charge in [-0.15, -0.1) is 0 Å². The van der Waals surface area contributed by atoms with Crippen LogP contribution in [0.25, 0.3) is 0 Å². The van der Waals surface area contributed by atoms with Gasteiger partial charge in [-0.3, -0.25) is 5.10 Å². The maximum Gasteiger partial charge on any atom is 0.322 e. The number of aromatic amines is 1. The second-order valence-electron chi connectivity index (χ2n) is 6.58. The predicted octanol–water partition coefficient (Wildman–Crippen LogP) is 3.66. The van der Waals surface area contributed by atoms with Gasteiger partial charge in [0, 0.05) is 6.54 Å². The van der Waals surface area contributed by atoms with Crippen LogP contribution in [0.2, 0.25) is 0 Å². The van der Waals surface area contributed by atoms with E-state index in [9.17, 15) is 4.79 Å². The molecule has 7 nitrogen and oxygen atoms in total. The second kappa shape index (κ2) is 7.55. The first-order valence-corrected chi connectivity index (χ1v) is 8.77. The van der Waals surface area contributed by atoms with Gasteiger partial charge in [0.2, 0.25) is 0 Å². The number of ether oxygens (including phenoxy) is 1. The summed E-state index contributed by atoms with van der Waals surface area (Å²) in [4.78, 5) is 19.1. The van der Waals surface area contributed by atoms with Crippen LogP contribution in [0.3, 0.4) is 0 Å². The molecule has 0 spiro atoms. The van der Waals surface area contributed by atoms with Gasteiger partial charge in [-0.1, -0.05) is 12.1 Å². The zero-order valence-corrected chi connectivity index (χ0v) is 15.0. The number of rotatable bonds is 4. The van der Waals surface area contributed by atoms with Crippen molar-refractivity contribution in [3.63, 3.8) is 0 Å². The highest BCUT2D eigenvalue weighted by Gasteiger charge is 2.31. The number of urea groups is 1. The van der Waals surface area contributed by atoms with E-state index in [0.717, 1.165) is 25.1 Å². The van der Waals surface area contributed by atoms with Crippen LogP contribution in [0.15, 0.2) is 24.3 Å². The van der Waals surface area contributed by atoms with Gasteiger partial charge < -0.3 is 15.0 Å². The number of amides is 2. The second-order valence-corrected chi connectivity index (χ2v) is 6.58. The molecule has 3 rings (SSSR count). The summed E-state index contributed by atoms with van der Waals surface area (Å²) in [6.45, 7) is 6.48. The van der Waals surface area contributed by atoms with Crippen LogP contribution < -0.4 is 10.1 Å². The van der Waals surface area contributed by atoms with Gasteiger partial charge in [-0.25, -0.2) is 9.78 Å². The minimum Gasteiger partial charge on any atom is -0.489 e. The summed E-state index contributed by atoms with van der Waals surface area (Å²) < 4.78 is 5.79. The molecule has 1 fully saturated rings. The first-order valence-electron chi connectivity index (χ1n) is 8.77. The molecule has 25 heavy (non-hydrogen) atoms. The lowest BCUT2D eigenvalue weighted by Crippen LogP contribution is -2.41. The number of aryl methyl sites for hydroxylation is 1.